The van der Waals surface area contributed by atoms with E-state index in [2.05, 4.69) is 78.2 Å². The Kier molecular flexibility index (Phi) is 11.0. The van der Waals surface area contributed by atoms with Crippen LogP contribution in [0.5, 0.6) is 23.3 Å². The molecule has 4 N–H and O–H groups in total. The molecule has 8 heterocycles. The van der Waals surface area contributed by atoms with Gasteiger partial charge in [0.05, 0.1) is 16.6 Å². The summed E-state index contributed by atoms with van der Waals surface area (Å²) in [6.45, 7) is 6.71. The Labute approximate surface area is 414 Å². The zero-order valence-electron chi connectivity index (χ0n) is 39.3. The van der Waals surface area contributed by atoms with Crippen LogP contribution in [0, 0.1) is 20.8 Å². The first-order valence-electron chi connectivity index (χ1n) is 23.0. The number of benzene rings is 4. The van der Waals surface area contributed by atoms with Crippen molar-refractivity contribution in [3.8, 4) is 34.4 Å². The van der Waals surface area contributed by atoms with Crippen LogP contribution >= 0.6 is 0 Å². The van der Waals surface area contributed by atoms with Crippen LogP contribution in [0.1, 0.15) is 34.7 Å². The minimum Gasteiger partial charge on any atom is -0.439 e. The molecule has 0 fully saturated rings. The number of hydrogen-bond acceptors (Lipinski definition) is 18. The Bertz CT molecular complexity index is 4010. The fourth-order valence-corrected chi connectivity index (χ4v) is 8.71. The Morgan fingerprint density at radius 3 is 2.03 bits per heavy atom. The van der Waals surface area contributed by atoms with Gasteiger partial charge in [-0.3, -0.25) is 13.6 Å². The third kappa shape index (κ3) is 8.77. The van der Waals surface area contributed by atoms with Gasteiger partial charge in [-0.05, 0) is 122 Å². The molecular formula is C52H41N17O4. The van der Waals surface area contributed by atoms with E-state index in [0.29, 0.717) is 83.1 Å². The Hall–Kier alpha value is -10.2. The number of nitrogens with zero attached hydrogens (tertiary/aromatic N) is 14. The average molecular weight is 968 g/mol. The predicted molar refractivity (Wildman–Crippen MR) is 273 cm³/mol. The van der Waals surface area contributed by atoms with Gasteiger partial charge >= 0.3 is 0 Å². The van der Waals surface area contributed by atoms with Crippen molar-refractivity contribution in [3.05, 3.63) is 157 Å². The number of aryl methyl sites for hydroxylation is 3. The van der Waals surface area contributed by atoms with E-state index in [1.165, 1.54) is 18.7 Å². The number of nitrogens with one attached hydrogen (secondary N) is 2. The van der Waals surface area contributed by atoms with Crippen LogP contribution in [0.15, 0.2) is 133 Å². The molecule has 358 valence electrons. The summed E-state index contributed by atoms with van der Waals surface area (Å²) in [4.78, 5) is 42.4. The minimum absolute atomic E-state index is 0.155. The van der Waals surface area contributed by atoms with Crippen LogP contribution in [0.4, 0.5) is 28.8 Å². The van der Waals surface area contributed by atoms with Gasteiger partial charge in [-0.25, -0.2) is 29.9 Å². The highest BCUT2D eigenvalue weighted by Crippen LogP contribution is 2.36. The molecule has 12 rings (SSSR count). The van der Waals surface area contributed by atoms with Crippen LogP contribution in [-0.4, -0.2) is 88.2 Å². The molecule has 0 saturated carbocycles. The first-order chi connectivity index (χ1) is 35.6. The van der Waals surface area contributed by atoms with E-state index < -0.39 is 0 Å². The highest BCUT2D eigenvalue weighted by atomic mass is 16.5. The lowest BCUT2D eigenvalue weighted by Gasteiger charge is -2.27. The number of anilines is 5. The molecule has 7 aromatic heterocycles. The van der Waals surface area contributed by atoms with Crippen LogP contribution < -0.4 is 25.8 Å². The molecule has 11 aromatic rings. The van der Waals surface area contributed by atoms with Gasteiger partial charge in [-0.2, -0.15) is 0 Å². The number of carbonyl (C=O) groups is 1. The lowest BCUT2D eigenvalue weighted by Crippen LogP contribution is -2.34. The van der Waals surface area contributed by atoms with Crippen molar-refractivity contribution in [1.29, 1.82) is 0 Å². The number of amides is 1. The summed E-state index contributed by atoms with van der Waals surface area (Å²) in [6, 6.07) is 26.8. The summed E-state index contributed by atoms with van der Waals surface area (Å²) >= 11 is 0. The fourth-order valence-electron chi connectivity index (χ4n) is 8.71. The molecule has 0 atom stereocenters. The zero-order chi connectivity index (χ0) is 49.6. The second-order valence-electron chi connectivity index (χ2n) is 17.3. The molecule has 0 radical (unpaired) electrons. The average Bonchev–Trinajstić information content (AvgIpc) is 4.14. The number of nitrogen functional groups attached to an aromatic ring is 1. The number of nitrogens with two attached hydrogens (primary N) is 1. The molecule has 21 nitrogen and oxygen atoms in total. The standard InChI is InChI=1S/C52H41N17O4/c1-29-17-35(8-12-41(29)71-46-21-44-63-60-28-68(44)26-58-46)61-51-37-19-32(6-10-39(37)54-24-56-51)34-5-4-16-67(23-34)48(70)15-14-43-64-65-45-22-47(59-27-69(43)45)72-42-13-9-36(18-30(42)2)62-52-38-20-33(7-11-40(38)55-25-57-52)49-31(3)73-66-50(49)53/h5-15,17-22,24-28H,4,16,23H2,1-3H3,(H2,53,66)(H,54,56,61)(H,55,57,62)/b15-14+. The lowest BCUT2D eigenvalue weighted by atomic mass is 9.99. The van der Waals surface area contributed by atoms with Gasteiger partial charge in [-0.15, -0.1) is 20.4 Å². The SMILES string of the molecule is Cc1cc(Nc2ncnc3ccc(C4=CCCN(C(=O)/C=C/c5nnc6cc(Oc7ccc(Nc8ncnc9ccc(-c%10c(N)noc%10C)cc89)cc7C)ncn56)C4)cc23)ccc1Oc1cc2nncn2cn1. The number of ether oxygens (including phenoxy) is 2. The Morgan fingerprint density at radius 1 is 0.699 bits per heavy atom. The van der Waals surface area contributed by atoms with E-state index in [9.17, 15) is 4.79 Å². The third-order valence-electron chi connectivity index (χ3n) is 12.4. The predicted octanol–water partition coefficient (Wildman–Crippen LogP) is 9.01. The van der Waals surface area contributed by atoms with E-state index >= 15 is 0 Å². The number of aromatic nitrogens is 13. The summed E-state index contributed by atoms with van der Waals surface area (Å²) in [7, 11) is 0. The van der Waals surface area contributed by atoms with Gasteiger partial charge in [-0.1, -0.05) is 23.4 Å². The van der Waals surface area contributed by atoms with E-state index in [0.717, 1.165) is 66.6 Å². The van der Waals surface area contributed by atoms with Crippen LogP contribution in [0.25, 0.3) is 55.9 Å². The Morgan fingerprint density at radius 2 is 1.36 bits per heavy atom. The van der Waals surface area contributed by atoms with Crippen molar-refractivity contribution in [3.63, 3.8) is 0 Å². The summed E-state index contributed by atoms with van der Waals surface area (Å²) < 4.78 is 21.0. The Balaban J connectivity index is 0.690. The largest absolute Gasteiger partial charge is 0.439 e. The maximum absolute atomic E-state index is 13.7. The lowest BCUT2D eigenvalue weighted by molar-refractivity contribution is -0.125. The van der Waals surface area contributed by atoms with E-state index in [1.54, 1.807) is 46.0 Å². The van der Waals surface area contributed by atoms with Crippen LogP contribution in [0.3, 0.4) is 0 Å². The van der Waals surface area contributed by atoms with Gasteiger partial charge in [0.1, 0.15) is 60.5 Å². The highest BCUT2D eigenvalue weighted by molar-refractivity contribution is 5.96. The van der Waals surface area contributed by atoms with Gasteiger partial charge in [0.25, 0.3) is 0 Å². The van der Waals surface area contributed by atoms with Crippen molar-refractivity contribution in [2.45, 2.75) is 27.2 Å². The summed E-state index contributed by atoms with van der Waals surface area (Å²) in [5.41, 5.74) is 15.7. The third-order valence-corrected chi connectivity index (χ3v) is 12.4. The van der Waals surface area contributed by atoms with E-state index in [4.69, 9.17) is 19.7 Å². The van der Waals surface area contributed by atoms with Crippen molar-refractivity contribution in [2.24, 2.45) is 0 Å². The normalized spacial score (nSPS) is 12.8. The molecule has 1 aliphatic rings. The second kappa shape index (κ2) is 18.3. The molecule has 0 spiro atoms. The van der Waals surface area contributed by atoms with Gasteiger partial charge in [0, 0.05) is 53.4 Å². The number of hydrogen-bond donors (Lipinski definition) is 3. The van der Waals surface area contributed by atoms with Crippen molar-refractivity contribution in [2.75, 3.05) is 29.5 Å². The maximum atomic E-state index is 13.7. The summed E-state index contributed by atoms with van der Waals surface area (Å²) in [5.74, 6) is 4.50. The minimum atomic E-state index is -0.155. The van der Waals surface area contributed by atoms with Gasteiger partial charge in [0.15, 0.2) is 22.9 Å². The molecule has 21 heteroatoms. The quantitative estimate of drug-likeness (QED) is 0.0965. The van der Waals surface area contributed by atoms with Crippen molar-refractivity contribution >= 4 is 79.5 Å². The van der Waals surface area contributed by atoms with Crippen molar-refractivity contribution in [1.82, 2.24) is 69.2 Å². The molecule has 0 bridgehead atoms. The van der Waals surface area contributed by atoms with Crippen LogP contribution in [-0.2, 0) is 4.79 Å². The number of carbonyl (C=O) groups excluding carboxylic acids is 1. The summed E-state index contributed by atoms with van der Waals surface area (Å²) in [6.07, 6.45) is 13.8. The monoisotopic (exact) mass is 967 g/mol. The molecule has 1 amide bonds. The second-order valence-corrected chi connectivity index (χ2v) is 17.3. The summed E-state index contributed by atoms with van der Waals surface area (Å²) in [5, 5.41) is 29.0. The maximum Gasteiger partial charge on any atom is 0.246 e. The number of fused-ring (bicyclic) bond motifs is 4. The molecule has 4 aromatic carbocycles. The van der Waals surface area contributed by atoms with Gasteiger partial charge in [0.2, 0.25) is 17.7 Å². The molecular weight excluding hydrogens is 927 g/mol. The van der Waals surface area contributed by atoms with Crippen molar-refractivity contribution < 1.29 is 18.8 Å². The molecule has 73 heavy (non-hydrogen) atoms. The molecule has 0 saturated heterocycles. The van der Waals surface area contributed by atoms with E-state index in [-0.39, 0.29) is 5.91 Å². The fraction of sp³-hybridized carbons (Fsp3) is 0.115. The number of rotatable bonds is 12. The first-order valence-corrected chi connectivity index (χ1v) is 23.0. The molecule has 0 unspecified atom stereocenters. The van der Waals surface area contributed by atoms with Crippen LogP contribution in [0.2, 0.25) is 0 Å². The zero-order valence-corrected chi connectivity index (χ0v) is 39.3. The smallest absolute Gasteiger partial charge is 0.246 e. The van der Waals surface area contributed by atoms with Gasteiger partial charge < -0.3 is 35.3 Å². The topological polar surface area (TPSA) is 253 Å². The highest BCUT2D eigenvalue weighted by Gasteiger charge is 2.20. The first kappa shape index (κ1) is 44.1. The molecule has 1 aliphatic heterocycles. The van der Waals surface area contributed by atoms with E-state index in [1.807, 2.05) is 92.4 Å². The molecule has 0 aliphatic carbocycles.